The normalized spacial score (nSPS) is 16.0. The number of methoxy groups -OCH3 is 1. The minimum atomic E-state index is -0.131. The maximum atomic E-state index is 13.3. The van der Waals surface area contributed by atoms with Crippen LogP contribution in [-0.2, 0) is 19.4 Å². The molecule has 0 fully saturated rings. The number of halogens is 1. The Morgan fingerprint density at radius 1 is 1.41 bits per heavy atom. The lowest BCUT2D eigenvalue weighted by Gasteiger charge is -2.33. The van der Waals surface area contributed by atoms with Crippen LogP contribution in [0.5, 0.6) is 11.5 Å². The summed E-state index contributed by atoms with van der Waals surface area (Å²) in [7, 11) is 1.52. The van der Waals surface area contributed by atoms with Gasteiger partial charge in [0.25, 0.3) is 5.91 Å². The molecule has 2 N–H and O–H groups in total. The van der Waals surface area contributed by atoms with Gasteiger partial charge in [0, 0.05) is 11.1 Å². The minimum absolute atomic E-state index is 0.109. The van der Waals surface area contributed by atoms with Gasteiger partial charge >= 0.3 is 0 Å². The van der Waals surface area contributed by atoms with Gasteiger partial charge in [-0.1, -0.05) is 20.8 Å². The van der Waals surface area contributed by atoms with E-state index in [1.165, 1.54) is 12.0 Å². The molecule has 0 saturated carbocycles. The number of furan rings is 1. The largest absolute Gasteiger partial charge is 0.504 e. The van der Waals surface area contributed by atoms with Crippen LogP contribution in [0, 0.1) is 14.9 Å². The summed E-state index contributed by atoms with van der Waals surface area (Å²) in [5.74, 6) is 1.65. The Morgan fingerprint density at radius 2 is 2.21 bits per heavy atom. The molecule has 1 aliphatic rings. The van der Waals surface area contributed by atoms with Gasteiger partial charge in [-0.2, -0.15) is 0 Å². The van der Waals surface area contributed by atoms with Crippen molar-refractivity contribution in [2.45, 2.75) is 46.6 Å². The van der Waals surface area contributed by atoms with Gasteiger partial charge in [-0.05, 0) is 88.6 Å². The van der Waals surface area contributed by atoms with Gasteiger partial charge < -0.3 is 19.6 Å². The topological polar surface area (TPSA) is 84.1 Å². The Hall–Kier alpha value is -2.33. The molecule has 0 bridgehead atoms. The fourth-order valence-electron chi connectivity index (χ4n) is 4.26. The number of aromatic hydroxyl groups is 1. The molecule has 2 heterocycles. The molecule has 1 amide bonds. The van der Waals surface area contributed by atoms with E-state index in [1.54, 1.807) is 29.9 Å². The fourth-order valence-corrected chi connectivity index (χ4v) is 6.16. The van der Waals surface area contributed by atoms with Crippen molar-refractivity contribution in [3.63, 3.8) is 0 Å². The predicted molar refractivity (Wildman–Crippen MR) is 144 cm³/mol. The smallest absolute Gasteiger partial charge is 0.255 e. The van der Waals surface area contributed by atoms with Crippen LogP contribution in [0.15, 0.2) is 39.9 Å². The number of phenols is 1. The summed E-state index contributed by atoms with van der Waals surface area (Å²) >= 11 is 3.67. The van der Waals surface area contributed by atoms with E-state index < -0.39 is 0 Å². The van der Waals surface area contributed by atoms with Crippen molar-refractivity contribution >= 4 is 51.1 Å². The SMILES string of the molecule is COc1cc(C=Nc2sc3c(c2C(=O)NCc2ccco2)CC[C@@H](C(C)(C)C)C3)cc(I)c1O. The molecule has 1 atom stereocenters. The fraction of sp³-hybridized carbons (Fsp3) is 0.385. The van der Waals surface area contributed by atoms with Crippen LogP contribution >= 0.6 is 33.9 Å². The Kier molecular flexibility index (Phi) is 7.37. The van der Waals surface area contributed by atoms with Crippen LogP contribution in [0.25, 0.3) is 0 Å². The summed E-state index contributed by atoms with van der Waals surface area (Å²) < 4.78 is 11.3. The molecule has 34 heavy (non-hydrogen) atoms. The molecule has 1 aromatic carbocycles. The summed E-state index contributed by atoms with van der Waals surface area (Å²) in [6.07, 6.45) is 6.22. The van der Waals surface area contributed by atoms with Crippen molar-refractivity contribution in [3.05, 3.63) is 61.4 Å². The number of carbonyl (C=O) groups is 1. The Bertz CT molecular complexity index is 1210. The van der Waals surface area contributed by atoms with Gasteiger partial charge in [0.1, 0.15) is 10.8 Å². The number of hydrogen-bond acceptors (Lipinski definition) is 6. The molecular formula is C26H29IN2O4S. The second-order valence-corrected chi connectivity index (χ2v) is 11.8. The first kappa shape index (κ1) is 24.8. The van der Waals surface area contributed by atoms with Crippen molar-refractivity contribution in [2.75, 3.05) is 7.11 Å². The van der Waals surface area contributed by atoms with Crippen LogP contribution in [0.1, 0.15) is 59.3 Å². The van der Waals surface area contributed by atoms with E-state index >= 15 is 0 Å². The van der Waals surface area contributed by atoms with E-state index in [9.17, 15) is 9.90 Å². The zero-order valence-electron chi connectivity index (χ0n) is 19.8. The maximum absolute atomic E-state index is 13.3. The molecule has 3 aromatic rings. The Morgan fingerprint density at radius 3 is 2.88 bits per heavy atom. The standard InChI is InChI=1S/C26H29IN2O4S/c1-26(2,3)16-7-8-18-21(12-16)34-25(22(18)24(31)28-14-17-6-5-9-33-17)29-13-15-10-19(27)23(30)20(11-15)32-4/h5-6,9-11,13,16,30H,7-8,12,14H2,1-4H3,(H,28,31)/t16-/m1/s1. The summed E-state index contributed by atoms with van der Waals surface area (Å²) in [5.41, 5.74) is 2.79. The number of benzene rings is 1. The van der Waals surface area contributed by atoms with Gasteiger partial charge in [-0.25, -0.2) is 4.99 Å². The van der Waals surface area contributed by atoms with Crippen molar-refractivity contribution in [2.24, 2.45) is 16.3 Å². The number of ether oxygens (including phenoxy) is 1. The molecular weight excluding hydrogens is 563 g/mol. The number of amides is 1. The van der Waals surface area contributed by atoms with E-state index in [0.717, 1.165) is 30.4 Å². The lowest BCUT2D eigenvalue weighted by Crippen LogP contribution is -2.28. The summed E-state index contributed by atoms with van der Waals surface area (Å²) in [6.45, 7) is 7.18. The van der Waals surface area contributed by atoms with E-state index in [0.29, 0.717) is 38.1 Å². The second kappa shape index (κ2) is 10.1. The minimum Gasteiger partial charge on any atom is -0.504 e. The van der Waals surface area contributed by atoms with Crippen molar-refractivity contribution in [1.82, 2.24) is 5.32 Å². The van der Waals surface area contributed by atoms with Crippen LogP contribution in [0.2, 0.25) is 0 Å². The highest BCUT2D eigenvalue weighted by Crippen LogP contribution is 2.45. The highest BCUT2D eigenvalue weighted by atomic mass is 127. The third kappa shape index (κ3) is 5.33. The number of fused-ring (bicyclic) bond motifs is 1. The number of hydrogen-bond donors (Lipinski definition) is 2. The number of rotatable bonds is 6. The number of phenolic OH excluding ortho intramolecular Hbond substituents is 1. The first-order valence-electron chi connectivity index (χ1n) is 11.2. The third-order valence-corrected chi connectivity index (χ3v) is 8.29. The Balaban J connectivity index is 1.68. The third-order valence-electron chi connectivity index (χ3n) is 6.30. The summed E-state index contributed by atoms with van der Waals surface area (Å²) in [5, 5.41) is 13.8. The molecule has 2 aromatic heterocycles. The number of nitrogens with zero attached hydrogens (tertiary/aromatic N) is 1. The van der Waals surface area contributed by atoms with Crippen LogP contribution in [0.3, 0.4) is 0 Å². The average molecular weight is 592 g/mol. The summed E-state index contributed by atoms with van der Waals surface area (Å²) in [4.78, 5) is 19.3. The molecule has 8 heteroatoms. The zero-order valence-corrected chi connectivity index (χ0v) is 22.7. The lowest BCUT2D eigenvalue weighted by atomic mass is 9.72. The van der Waals surface area contributed by atoms with E-state index in [4.69, 9.17) is 14.1 Å². The monoisotopic (exact) mass is 592 g/mol. The molecule has 0 radical (unpaired) electrons. The first-order valence-corrected chi connectivity index (χ1v) is 13.1. The molecule has 4 rings (SSSR count). The number of aliphatic imine (C=N–C) groups is 1. The molecule has 0 spiro atoms. The highest BCUT2D eigenvalue weighted by molar-refractivity contribution is 14.1. The highest BCUT2D eigenvalue weighted by Gasteiger charge is 2.33. The molecule has 0 saturated heterocycles. The quantitative estimate of drug-likeness (QED) is 0.253. The maximum Gasteiger partial charge on any atom is 0.255 e. The van der Waals surface area contributed by atoms with Crippen LogP contribution in [-0.4, -0.2) is 24.3 Å². The number of nitrogens with one attached hydrogen (secondary N) is 1. The lowest BCUT2D eigenvalue weighted by molar-refractivity contribution is 0.0947. The van der Waals surface area contributed by atoms with Crippen molar-refractivity contribution in [1.29, 1.82) is 0 Å². The molecule has 0 unspecified atom stereocenters. The molecule has 180 valence electrons. The Labute approximate surface area is 217 Å². The average Bonchev–Trinajstić information content (AvgIpc) is 3.44. The summed E-state index contributed by atoms with van der Waals surface area (Å²) in [6, 6.07) is 7.22. The molecule has 0 aliphatic heterocycles. The van der Waals surface area contributed by atoms with Gasteiger partial charge in [-0.15, -0.1) is 11.3 Å². The zero-order chi connectivity index (χ0) is 24.5. The van der Waals surface area contributed by atoms with E-state index in [1.807, 2.05) is 18.2 Å². The van der Waals surface area contributed by atoms with E-state index in [2.05, 4.69) is 48.7 Å². The van der Waals surface area contributed by atoms with Gasteiger partial charge in [0.2, 0.25) is 0 Å². The van der Waals surface area contributed by atoms with Crippen molar-refractivity contribution in [3.8, 4) is 11.5 Å². The van der Waals surface area contributed by atoms with Crippen LogP contribution in [0.4, 0.5) is 5.00 Å². The second-order valence-electron chi connectivity index (χ2n) is 9.56. The predicted octanol–water partition coefficient (Wildman–Crippen LogP) is 6.49. The first-order chi connectivity index (χ1) is 16.2. The number of carbonyl (C=O) groups excluding carboxylic acids is 1. The van der Waals surface area contributed by atoms with Crippen LogP contribution < -0.4 is 10.1 Å². The van der Waals surface area contributed by atoms with Crippen molar-refractivity contribution < 1.29 is 19.1 Å². The van der Waals surface area contributed by atoms with Gasteiger partial charge in [0.15, 0.2) is 11.5 Å². The van der Waals surface area contributed by atoms with Gasteiger partial charge in [0.05, 0.1) is 29.1 Å². The molecule has 6 nitrogen and oxygen atoms in total. The molecule has 1 aliphatic carbocycles. The van der Waals surface area contributed by atoms with Gasteiger partial charge in [-0.3, -0.25) is 4.79 Å². The van der Waals surface area contributed by atoms with E-state index in [-0.39, 0.29) is 17.1 Å². The number of thiophene rings is 1.